The maximum absolute atomic E-state index is 13.5. The van der Waals surface area contributed by atoms with Crippen LogP contribution in [0.25, 0.3) is 33.9 Å². The van der Waals surface area contributed by atoms with Crippen molar-refractivity contribution in [2.75, 3.05) is 0 Å². The van der Waals surface area contributed by atoms with Crippen molar-refractivity contribution in [3.05, 3.63) is 87.2 Å². The average Bonchev–Trinajstić information content (AvgIpc) is 3.40. The molecule has 1 atom stereocenters. The Morgan fingerprint density at radius 1 is 1.03 bits per heavy atom. The van der Waals surface area contributed by atoms with E-state index in [2.05, 4.69) is 19.1 Å². The minimum absolute atomic E-state index is 0.256. The number of carbonyl (C=O) groups excluding carboxylic acids is 1. The molecule has 0 saturated heterocycles. The smallest absolute Gasteiger partial charge is 0.298 e. The SMILES string of the molecule is CCc1ccc(-n2c(-c3ccccc3)cn3c4c(=O)n(C(C)C(C)=O)c(=O)n(C)c4nc23)cc1. The third kappa shape index (κ3) is 3.14. The summed E-state index contributed by atoms with van der Waals surface area (Å²) in [4.78, 5) is 43.3. The van der Waals surface area contributed by atoms with Crippen molar-refractivity contribution in [3.63, 3.8) is 0 Å². The molecule has 2 aromatic carbocycles. The van der Waals surface area contributed by atoms with E-state index >= 15 is 0 Å². The second-order valence-corrected chi connectivity index (χ2v) is 8.49. The van der Waals surface area contributed by atoms with Crippen LogP contribution in [-0.2, 0) is 18.3 Å². The van der Waals surface area contributed by atoms with E-state index in [1.165, 1.54) is 17.1 Å². The second-order valence-electron chi connectivity index (χ2n) is 8.49. The molecule has 0 amide bonds. The number of aromatic nitrogens is 5. The van der Waals surface area contributed by atoms with Crippen molar-refractivity contribution in [2.24, 2.45) is 7.05 Å². The van der Waals surface area contributed by atoms with Crippen LogP contribution in [0.15, 0.2) is 70.4 Å². The zero-order chi connectivity index (χ0) is 24.1. The maximum Gasteiger partial charge on any atom is 0.333 e. The zero-order valence-corrected chi connectivity index (χ0v) is 19.5. The number of imidazole rings is 2. The monoisotopic (exact) mass is 455 g/mol. The first kappa shape index (κ1) is 21.6. The van der Waals surface area contributed by atoms with Crippen LogP contribution in [0.4, 0.5) is 0 Å². The number of carbonyl (C=O) groups is 1. The van der Waals surface area contributed by atoms with E-state index in [1.807, 2.05) is 53.2 Å². The molecule has 34 heavy (non-hydrogen) atoms. The number of benzene rings is 2. The van der Waals surface area contributed by atoms with E-state index < -0.39 is 17.3 Å². The minimum Gasteiger partial charge on any atom is -0.298 e. The summed E-state index contributed by atoms with van der Waals surface area (Å²) in [6.45, 7) is 5.04. The van der Waals surface area contributed by atoms with Gasteiger partial charge >= 0.3 is 5.69 Å². The molecule has 0 aliphatic carbocycles. The first-order valence-electron chi connectivity index (χ1n) is 11.2. The molecule has 172 valence electrons. The summed E-state index contributed by atoms with van der Waals surface area (Å²) in [7, 11) is 1.57. The van der Waals surface area contributed by atoms with Gasteiger partial charge in [-0.2, -0.15) is 4.98 Å². The van der Waals surface area contributed by atoms with Gasteiger partial charge in [0.2, 0.25) is 5.78 Å². The predicted octanol–water partition coefficient (Wildman–Crippen LogP) is 3.52. The molecule has 0 fully saturated rings. The van der Waals surface area contributed by atoms with Crippen LogP contribution in [0.5, 0.6) is 0 Å². The van der Waals surface area contributed by atoms with Gasteiger partial charge in [-0.1, -0.05) is 49.4 Å². The van der Waals surface area contributed by atoms with E-state index in [-0.39, 0.29) is 16.9 Å². The second kappa shape index (κ2) is 7.98. The van der Waals surface area contributed by atoms with Crippen molar-refractivity contribution < 1.29 is 4.79 Å². The topological polar surface area (TPSA) is 83.3 Å². The van der Waals surface area contributed by atoms with E-state index in [1.54, 1.807) is 18.4 Å². The summed E-state index contributed by atoms with van der Waals surface area (Å²) in [5.41, 5.74) is 3.35. The van der Waals surface area contributed by atoms with E-state index in [4.69, 9.17) is 4.98 Å². The number of hydrogen-bond donors (Lipinski definition) is 0. The van der Waals surface area contributed by atoms with Gasteiger partial charge in [-0.05, 0) is 38.0 Å². The van der Waals surface area contributed by atoms with Crippen molar-refractivity contribution in [3.8, 4) is 16.9 Å². The van der Waals surface area contributed by atoms with Crippen LogP contribution >= 0.6 is 0 Å². The number of rotatable bonds is 5. The van der Waals surface area contributed by atoms with Crippen LogP contribution in [0, 0.1) is 0 Å². The fourth-order valence-electron chi connectivity index (χ4n) is 4.33. The van der Waals surface area contributed by atoms with E-state index in [0.29, 0.717) is 5.78 Å². The fourth-order valence-corrected chi connectivity index (χ4v) is 4.33. The Kier molecular flexibility index (Phi) is 5.08. The van der Waals surface area contributed by atoms with Gasteiger partial charge in [0.05, 0.1) is 11.7 Å². The van der Waals surface area contributed by atoms with Crippen molar-refractivity contribution >= 4 is 22.7 Å². The molecule has 8 heteroatoms. The molecule has 3 heterocycles. The number of aryl methyl sites for hydroxylation is 2. The third-order valence-electron chi connectivity index (χ3n) is 6.45. The molecule has 0 spiro atoms. The Morgan fingerprint density at radius 3 is 2.32 bits per heavy atom. The third-order valence-corrected chi connectivity index (χ3v) is 6.45. The van der Waals surface area contributed by atoms with Crippen molar-refractivity contribution in [2.45, 2.75) is 33.2 Å². The number of ketones is 1. The molecular weight excluding hydrogens is 430 g/mol. The summed E-state index contributed by atoms with van der Waals surface area (Å²) in [5, 5.41) is 0. The van der Waals surface area contributed by atoms with Crippen LogP contribution in [-0.4, -0.2) is 28.9 Å². The number of hydrogen-bond acceptors (Lipinski definition) is 4. The quantitative estimate of drug-likeness (QED) is 0.406. The average molecular weight is 456 g/mol. The lowest BCUT2D eigenvalue weighted by atomic mass is 10.1. The fraction of sp³-hybridized carbons (Fsp3) is 0.231. The number of fused-ring (bicyclic) bond motifs is 3. The summed E-state index contributed by atoms with van der Waals surface area (Å²) in [6, 6.07) is 17.2. The van der Waals surface area contributed by atoms with Gasteiger partial charge in [0.1, 0.15) is 0 Å². The lowest BCUT2D eigenvalue weighted by Crippen LogP contribution is -2.42. The highest BCUT2D eigenvalue weighted by atomic mass is 16.2. The molecule has 0 N–H and O–H groups in total. The highest BCUT2D eigenvalue weighted by Crippen LogP contribution is 2.29. The molecule has 0 aliphatic rings. The van der Waals surface area contributed by atoms with Crippen LogP contribution in [0.3, 0.4) is 0 Å². The van der Waals surface area contributed by atoms with Crippen LogP contribution in [0.2, 0.25) is 0 Å². The number of Topliss-reactive ketones (excluding diaryl/α,β-unsaturated/α-hetero) is 1. The molecule has 3 aromatic heterocycles. The summed E-state index contributed by atoms with van der Waals surface area (Å²) in [6.07, 6.45) is 2.79. The van der Waals surface area contributed by atoms with Crippen molar-refractivity contribution in [1.82, 2.24) is 23.1 Å². The summed E-state index contributed by atoms with van der Waals surface area (Å²) >= 11 is 0. The first-order valence-corrected chi connectivity index (χ1v) is 11.2. The Morgan fingerprint density at radius 2 is 1.71 bits per heavy atom. The van der Waals surface area contributed by atoms with Crippen LogP contribution in [0.1, 0.15) is 32.4 Å². The highest BCUT2D eigenvalue weighted by Gasteiger charge is 2.25. The highest BCUT2D eigenvalue weighted by molar-refractivity contribution is 5.82. The Balaban J connectivity index is 1.92. The molecule has 0 radical (unpaired) electrons. The summed E-state index contributed by atoms with van der Waals surface area (Å²) < 4.78 is 6.04. The van der Waals surface area contributed by atoms with E-state index in [0.717, 1.165) is 27.9 Å². The van der Waals surface area contributed by atoms with Gasteiger partial charge in [-0.25, -0.2) is 9.36 Å². The van der Waals surface area contributed by atoms with Gasteiger partial charge < -0.3 is 0 Å². The first-order chi connectivity index (χ1) is 16.3. The van der Waals surface area contributed by atoms with Crippen LogP contribution < -0.4 is 11.2 Å². The number of nitrogens with zero attached hydrogens (tertiary/aromatic N) is 5. The van der Waals surface area contributed by atoms with Gasteiger partial charge in [0.15, 0.2) is 16.9 Å². The summed E-state index contributed by atoms with van der Waals surface area (Å²) in [5.74, 6) is 0.247. The minimum atomic E-state index is -0.876. The molecule has 0 bridgehead atoms. The Labute approximate surface area is 195 Å². The standard InChI is InChI=1S/C26H25N5O3/c1-5-18-11-13-20(14-12-18)31-21(19-9-7-6-8-10-19)15-29-22-23(27-25(29)31)28(4)26(34)30(24(22)33)16(2)17(3)32/h6-16H,5H2,1-4H3. The molecule has 5 aromatic rings. The zero-order valence-electron chi connectivity index (χ0n) is 19.5. The normalized spacial score (nSPS) is 12.5. The molecule has 0 saturated carbocycles. The maximum atomic E-state index is 13.5. The molecular formula is C26H25N5O3. The van der Waals surface area contributed by atoms with Gasteiger partial charge in [0, 0.05) is 24.5 Å². The largest absolute Gasteiger partial charge is 0.333 e. The van der Waals surface area contributed by atoms with E-state index in [9.17, 15) is 14.4 Å². The van der Waals surface area contributed by atoms with Crippen molar-refractivity contribution in [1.29, 1.82) is 0 Å². The molecule has 5 rings (SSSR count). The molecule has 0 aliphatic heterocycles. The van der Waals surface area contributed by atoms with Gasteiger partial charge in [-0.3, -0.25) is 23.1 Å². The molecule has 1 unspecified atom stereocenters. The lowest BCUT2D eigenvalue weighted by molar-refractivity contribution is -0.119. The Bertz CT molecular complexity index is 1670. The lowest BCUT2D eigenvalue weighted by Gasteiger charge is -2.12. The predicted molar refractivity (Wildman–Crippen MR) is 132 cm³/mol. The van der Waals surface area contributed by atoms with Gasteiger partial charge in [0.25, 0.3) is 5.56 Å². The Hall–Kier alpha value is -4.20. The molecule has 8 nitrogen and oxygen atoms in total. The van der Waals surface area contributed by atoms with Gasteiger partial charge in [-0.15, -0.1) is 0 Å².